The summed E-state index contributed by atoms with van der Waals surface area (Å²) in [6.45, 7) is 2.22. The van der Waals surface area contributed by atoms with Gasteiger partial charge in [-0.05, 0) is 43.4 Å². The molecule has 0 bridgehead atoms. The molecule has 20 heavy (non-hydrogen) atoms. The number of nitrogens with one attached hydrogen (secondary N) is 1. The first-order valence-electron chi connectivity index (χ1n) is 8.57. The van der Waals surface area contributed by atoms with Gasteiger partial charge in [0.05, 0.1) is 0 Å². The van der Waals surface area contributed by atoms with Crippen LogP contribution in [0, 0.1) is 5.92 Å². The first kappa shape index (κ1) is 15.6. The molecular formula is C19H31N. The van der Waals surface area contributed by atoms with Gasteiger partial charge in [0, 0.05) is 6.04 Å². The van der Waals surface area contributed by atoms with Gasteiger partial charge in [-0.1, -0.05) is 69.7 Å². The number of rotatable bonds is 6. The maximum atomic E-state index is 3.55. The van der Waals surface area contributed by atoms with E-state index in [9.17, 15) is 0 Å². The molecule has 0 amide bonds. The van der Waals surface area contributed by atoms with Crippen LogP contribution in [0.4, 0.5) is 0 Å². The molecule has 0 saturated heterocycles. The average molecular weight is 273 g/mol. The second kappa shape index (κ2) is 8.46. The highest BCUT2D eigenvalue weighted by Gasteiger charge is 2.17. The topological polar surface area (TPSA) is 12.0 Å². The van der Waals surface area contributed by atoms with Crippen LogP contribution < -0.4 is 5.32 Å². The summed E-state index contributed by atoms with van der Waals surface area (Å²) in [6, 6.07) is 9.85. The summed E-state index contributed by atoms with van der Waals surface area (Å²) in [6.07, 6.45) is 12.4. The molecule has 1 N–H and O–H groups in total. The number of likely N-dealkylation sites (N-methyl/N-ethyl adjacent to an activating group) is 1. The molecule has 1 saturated carbocycles. The Morgan fingerprint density at radius 2 is 1.60 bits per heavy atom. The Bertz CT molecular complexity index is 360. The van der Waals surface area contributed by atoms with Gasteiger partial charge in [0.15, 0.2) is 0 Å². The minimum atomic E-state index is 0.644. The smallest absolute Gasteiger partial charge is 0.0107 e. The Kier molecular flexibility index (Phi) is 6.59. The summed E-state index contributed by atoms with van der Waals surface area (Å²) in [4.78, 5) is 0. The van der Waals surface area contributed by atoms with Crippen LogP contribution in [0.3, 0.4) is 0 Å². The monoisotopic (exact) mass is 273 g/mol. The van der Waals surface area contributed by atoms with Gasteiger partial charge in [0.1, 0.15) is 0 Å². The average Bonchev–Trinajstić information content (AvgIpc) is 2.76. The normalized spacial score (nSPS) is 18.7. The van der Waals surface area contributed by atoms with Crippen LogP contribution in [-0.4, -0.2) is 13.1 Å². The molecule has 0 aliphatic heterocycles. The molecule has 1 heteroatoms. The van der Waals surface area contributed by atoms with E-state index >= 15 is 0 Å². The molecule has 0 spiro atoms. The molecule has 0 aromatic heterocycles. The second-order valence-electron chi connectivity index (χ2n) is 6.45. The van der Waals surface area contributed by atoms with Crippen molar-refractivity contribution in [3.63, 3.8) is 0 Å². The van der Waals surface area contributed by atoms with Gasteiger partial charge < -0.3 is 5.32 Å². The molecule has 1 atom stereocenters. The second-order valence-corrected chi connectivity index (χ2v) is 6.45. The van der Waals surface area contributed by atoms with E-state index in [4.69, 9.17) is 0 Å². The van der Waals surface area contributed by atoms with E-state index in [2.05, 4.69) is 43.6 Å². The molecule has 112 valence electrons. The van der Waals surface area contributed by atoms with Gasteiger partial charge in [-0.15, -0.1) is 0 Å². The molecular weight excluding hydrogens is 242 g/mol. The van der Waals surface area contributed by atoms with E-state index in [1.165, 1.54) is 62.5 Å². The lowest BCUT2D eigenvalue weighted by Gasteiger charge is -2.22. The molecule has 1 aliphatic carbocycles. The quantitative estimate of drug-likeness (QED) is 0.738. The van der Waals surface area contributed by atoms with Crippen LogP contribution in [0.25, 0.3) is 0 Å². The van der Waals surface area contributed by atoms with Crippen molar-refractivity contribution < 1.29 is 0 Å². The van der Waals surface area contributed by atoms with Gasteiger partial charge in [0.2, 0.25) is 0 Å². The van der Waals surface area contributed by atoms with Crippen LogP contribution >= 0.6 is 0 Å². The van der Waals surface area contributed by atoms with E-state index in [0.29, 0.717) is 6.04 Å². The van der Waals surface area contributed by atoms with Crippen molar-refractivity contribution in [2.75, 3.05) is 7.05 Å². The van der Waals surface area contributed by atoms with Gasteiger partial charge in [-0.25, -0.2) is 0 Å². The molecule has 2 rings (SSSR count). The van der Waals surface area contributed by atoms with Crippen molar-refractivity contribution in [1.29, 1.82) is 0 Å². The van der Waals surface area contributed by atoms with E-state index < -0.39 is 0 Å². The Morgan fingerprint density at radius 3 is 2.15 bits per heavy atom. The third kappa shape index (κ3) is 4.94. The Labute approximate surface area is 125 Å². The van der Waals surface area contributed by atoms with Crippen LogP contribution in [0.5, 0.6) is 0 Å². The van der Waals surface area contributed by atoms with Crippen molar-refractivity contribution in [3.05, 3.63) is 35.4 Å². The predicted octanol–water partition coefficient (Wildman–Crippen LogP) is 4.74. The van der Waals surface area contributed by atoms with Gasteiger partial charge in [0.25, 0.3) is 0 Å². The zero-order chi connectivity index (χ0) is 14.2. The fourth-order valence-electron chi connectivity index (χ4n) is 3.50. The van der Waals surface area contributed by atoms with Crippen LogP contribution in [0.2, 0.25) is 0 Å². The molecule has 1 fully saturated rings. The number of aryl methyl sites for hydroxylation is 1. The predicted molar refractivity (Wildman–Crippen MR) is 88.2 cm³/mol. The summed E-state index contributed by atoms with van der Waals surface area (Å²) in [5.74, 6) is 0.949. The molecule has 1 aromatic rings. The Morgan fingerprint density at radius 1 is 1.00 bits per heavy atom. The molecule has 1 nitrogen and oxygen atoms in total. The number of hydrogen-bond acceptors (Lipinski definition) is 1. The molecule has 0 heterocycles. The third-order valence-electron chi connectivity index (χ3n) is 4.91. The van der Waals surface area contributed by atoms with E-state index in [-0.39, 0.29) is 0 Å². The first-order valence-corrected chi connectivity index (χ1v) is 8.57. The molecule has 1 unspecified atom stereocenters. The largest absolute Gasteiger partial charge is 0.317 e. The minimum absolute atomic E-state index is 0.644. The number of benzene rings is 1. The summed E-state index contributed by atoms with van der Waals surface area (Å²) >= 11 is 0. The zero-order valence-corrected chi connectivity index (χ0v) is 13.3. The standard InChI is InChI=1S/C19H31N/c1-3-16-10-12-18(13-11-16)15-19(20-2)14-17-8-6-4-5-7-9-17/h10-13,17,19-20H,3-9,14-15H2,1-2H3. The van der Waals surface area contributed by atoms with Crippen molar-refractivity contribution >= 4 is 0 Å². The lowest BCUT2D eigenvalue weighted by molar-refractivity contribution is 0.361. The molecule has 1 aliphatic rings. The third-order valence-corrected chi connectivity index (χ3v) is 4.91. The highest BCUT2D eigenvalue weighted by Crippen LogP contribution is 2.27. The fraction of sp³-hybridized carbons (Fsp3) is 0.684. The first-order chi connectivity index (χ1) is 9.81. The summed E-state index contributed by atoms with van der Waals surface area (Å²) in [7, 11) is 2.13. The summed E-state index contributed by atoms with van der Waals surface area (Å²) in [5, 5.41) is 3.55. The Hall–Kier alpha value is -0.820. The van der Waals surface area contributed by atoms with Crippen LogP contribution in [0.1, 0.15) is 63.0 Å². The van der Waals surface area contributed by atoms with E-state index in [0.717, 1.165) is 12.3 Å². The van der Waals surface area contributed by atoms with Crippen LogP contribution in [0.15, 0.2) is 24.3 Å². The van der Waals surface area contributed by atoms with Gasteiger partial charge in [-0.3, -0.25) is 0 Å². The van der Waals surface area contributed by atoms with Crippen molar-refractivity contribution in [2.45, 2.75) is 70.8 Å². The highest BCUT2D eigenvalue weighted by molar-refractivity contribution is 5.23. The van der Waals surface area contributed by atoms with Crippen molar-refractivity contribution in [3.8, 4) is 0 Å². The lowest BCUT2D eigenvalue weighted by atomic mass is 9.90. The maximum absolute atomic E-state index is 3.55. The zero-order valence-electron chi connectivity index (χ0n) is 13.3. The minimum Gasteiger partial charge on any atom is -0.317 e. The maximum Gasteiger partial charge on any atom is 0.0107 e. The van der Waals surface area contributed by atoms with E-state index in [1.807, 2.05) is 0 Å². The van der Waals surface area contributed by atoms with Crippen molar-refractivity contribution in [2.24, 2.45) is 5.92 Å². The summed E-state index contributed by atoms with van der Waals surface area (Å²) < 4.78 is 0. The van der Waals surface area contributed by atoms with Gasteiger partial charge in [-0.2, -0.15) is 0 Å². The summed E-state index contributed by atoms with van der Waals surface area (Å²) in [5.41, 5.74) is 2.92. The van der Waals surface area contributed by atoms with E-state index in [1.54, 1.807) is 0 Å². The SMILES string of the molecule is CCc1ccc(CC(CC2CCCCCC2)NC)cc1. The van der Waals surface area contributed by atoms with Gasteiger partial charge >= 0.3 is 0 Å². The molecule has 1 aromatic carbocycles. The highest BCUT2D eigenvalue weighted by atomic mass is 14.9. The lowest BCUT2D eigenvalue weighted by Crippen LogP contribution is -2.30. The van der Waals surface area contributed by atoms with Crippen LogP contribution in [-0.2, 0) is 12.8 Å². The number of hydrogen-bond donors (Lipinski definition) is 1. The fourth-order valence-corrected chi connectivity index (χ4v) is 3.50. The molecule has 0 radical (unpaired) electrons. The Balaban J connectivity index is 1.86. The van der Waals surface area contributed by atoms with Crippen molar-refractivity contribution in [1.82, 2.24) is 5.32 Å².